The molecule has 0 aliphatic carbocycles. The molecule has 98 valence electrons. The van der Waals surface area contributed by atoms with E-state index < -0.39 is 0 Å². The number of carbonyl (C=O) groups excluding carboxylic acids is 2. The molecule has 0 spiro atoms. The summed E-state index contributed by atoms with van der Waals surface area (Å²) in [4.78, 5) is 19.6. The number of carbonyl (C=O) groups is 2. The third-order valence-corrected chi connectivity index (χ3v) is 1.40. The van der Waals surface area contributed by atoms with Crippen molar-refractivity contribution in [3.05, 3.63) is 60.7 Å². The Bertz CT molecular complexity index is 340. The Balaban J connectivity index is 0. The molecule has 0 radical (unpaired) electrons. The standard InChI is InChI=1S/C6H6.C5H8O2.C4H6O/c1-2-4-6-5-3-1;1-4(2)5(6)7-3;1-4(2)3-5/h1-6H;1H2,2-3H3;3H,1H2,2H3. The van der Waals surface area contributed by atoms with Crippen LogP contribution in [0.5, 0.6) is 0 Å². The van der Waals surface area contributed by atoms with Crippen LogP contribution >= 0.6 is 0 Å². The van der Waals surface area contributed by atoms with Crippen LogP contribution in [0.4, 0.5) is 0 Å². The lowest BCUT2D eigenvalue weighted by Gasteiger charge is -1.91. The number of benzene rings is 1. The lowest BCUT2D eigenvalue weighted by atomic mass is 10.4. The van der Waals surface area contributed by atoms with Gasteiger partial charge in [0, 0.05) is 5.57 Å². The number of hydrogen-bond acceptors (Lipinski definition) is 3. The molecular weight excluding hydrogens is 228 g/mol. The molecule has 3 nitrogen and oxygen atoms in total. The molecule has 0 bridgehead atoms. The molecule has 1 aromatic rings. The van der Waals surface area contributed by atoms with E-state index in [1.165, 1.54) is 7.11 Å². The van der Waals surface area contributed by atoms with Crippen LogP contribution in [0.1, 0.15) is 13.8 Å². The molecule has 0 atom stereocenters. The fraction of sp³-hybridized carbons (Fsp3) is 0.200. The van der Waals surface area contributed by atoms with Crippen molar-refractivity contribution in [3.63, 3.8) is 0 Å². The highest BCUT2D eigenvalue weighted by atomic mass is 16.5. The highest BCUT2D eigenvalue weighted by Gasteiger charge is 1.95. The van der Waals surface area contributed by atoms with E-state index >= 15 is 0 Å². The zero-order valence-electron chi connectivity index (χ0n) is 11.2. The molecule has 18 heavy (non-hydrogen) atoms. The molecule has 0 aliphatic rings. The maximum absolute atomic E-state index is 10.2. The van der Waals surface area contributed by atoms with Crippen molar-refractivity contribution in [2.45, 2.75) is 13.8 Å². The van der Waals surface area contributed by atoms with Crippen molar-refractivity contribution < 1.29 is 14.3 Å². The molecule has 1 aromatic carbocycles. The highest BCUT2D eigenvalue weighted by molar-refractivity contribution is 5.86. The normalized spacial score (nSPS) is 7.50. The van der Waals surface area contributed by atoms with E-state index in [1.807, 2.05) is 36.4 Å². The van der Waals surface area contributed by atoms with Crippen molar-refractivity contribution in [1.29, 1.82) is 0 Å². The Morgan fingerprint density at radius 1 is 1.00 bits per heavy atom. The Labute approximate surface area is 109 Å². The smallest absolute Gasteiger partial charge is 0.332 e. The predicted molar refractivity (Wildman–Crippen MR) is 74.2 cm³/mol. The SMILES string of the molecule is C=C(C)C(=O)OC.C=C(C)C=O.c1ccccc1. The summed E-state index contributed by atoms with van der Waals surface area (Å²) in [6.07, 6.45) is 0.722. The van der Waals surface area contributed by atoms with Gasteiger partial charge in [-0.1, -0.05) is 49.6 Å². The average molecular weight is 248 g/mol. The van der Waals surface area contributed by atoms with Gasteiger partial charge in [0.05, 0.1) is 7.11 Å². The van der Waals surface area contributed by atoms with Crippen molar-refractivity contribution in [2.75, 3.05) is 7.11 Å². The highest BCUT2D eigenvalue weighted by Crippen LogP contribution is 1.87. The summed E-state index contributed by atoms with van der Waals surface area (Å²) in [5.41, 5.74) is 1.01. The molecule has 0 aromatic heterocycles. The van der Waals surface area contributed by atoms with E-state index in [0.717, 1.165) is 6.29 Å². The first-order valence-corrected chi connectivity index (χ1v) is 5.30. The number of ether oxygens (including phenoxy) is 1. The van der Waals surface area contributed by atoms with Crippen LogP contribution in [0.3, 0.4) is 0 Å². The molecule has 3 heteroatoms. The van der Waals surface area contributed by atoms with Crippen LogP contribution < -0.4 is 0 Å². The third-order valence-electron chi connectivity index (χ3n) is 1.40. The fourth-order valence-corrected chi connectivity index (χ4v) is 0.559. The Hall–Kier alpha value is -2.16. The van der Waals surface area contributed by atoms with Gasteiger partial charge >= 0.3 is 5.97 Å². The molecule has 1 rings (SSSR count). The summed E-state index contributed by atoms with van der Waals surface area (Å²) < 4.78 is 4.27. The summed E-state index contributed by atoms with van der Waals surface area (Å²) in [5.74, 6) is -0.347. The van der Waals surface area contributed by atoms with Gasteiger partial charge in [0.25, 0.3) is 0 Å². The lowest BCUT2D eigenvalue weighted by Crippen LogP contribution is -1.98. The molecule has 0 aliphatic heterocycles. The van der Waals surface area contributed by atoms with Crippen molar-refractivity contribution in [1.82, 2.24) is 0 Å². The van der Waals surface area contributed by atoms with E-state index in [4.69, 9.17) is 0 Å². The van der Waals surface area contributed by atoms with Gasteiger partial charge in [-0.2, -0.15) is 0 Å². The van der Waals surface area contributed by atoms with Gasteiger partial charge < -0.3 is 4.74 Å². The number of rotatable bonds is 2. The van der Waals surface area contributed by atoms with Gasteiger partial charge in [-0.3, -0.25) is 4.79 Å². The van der Waals surface area contributed by atoms with Crippen molar-refractivity contribution >= 4 is 12.3 Å². The molecular formula is C15H20O3. The number of aldehydes is 1. The quantitative estimate of drug-likeness (QED) is 0.458. The molecule has 0 amide bonds. The summed E-state index contributed by atoms with van der Waals surface area (Å²) >= 11 is 0. The van der Waals surface area contributed by atoms with E-state index in [1.54, 1.807) is 13.8 Å². The van der Waals surface area contributed by atoms with E-state index in [9.17, 15) is 9.59 Å². The van der Waals surface area contributed by atoms with Gasteiger partial charge in [-0.15, -0.1) is 0 Å². The minimum absolute atomic E-state index is 0.347. The van der Waals surface area contributed by atoms with Crippen LogP contribution in [0.15, 0.2) is 60.7 Å². The van der Waals surface area contributed by atoms with Crippen LogP contribution in [0, 0.1) is 0 Å². The van der Waals surface area contributed by atoms with E-state index in [2.05, 4.69) is 17.9 Å². The van der Waals surface area contributed by atoms with Crippen LogP contribution in [-0.4, -0.2) is 19.4 Å². The monoisotopic (exact) mass is 248 g/mol. The van der Waals surface area contributed by atoms with Gasteiger partial charge in [0.2, 0.25) is 0 Å². The summed E-state index contributed by atoms with van der Waals surface area (Å²) in [6.45, 7) is 9.92. The summed E-state index contributed by atoms with van der Waals surface area (Å²) in [6, 6.07) is 12.0. The zero-order valence-corrected chi connectivity index (χ0v) is 11.2. The predicted octanol–water partition coefficient (Wildman–Crippen LogP) is 3.18. The van der Waals surface area contributed by atoms with Gasteiger partial charge in [-0.25, -0.2) is 4.79 Å². The van der Waals surface area contributed by atoms with Crippen molar-refractivity contribution in [3.8, 4) is 0 Å². The maximum Gasteiger partial charge on any atom is 0.332 e. The Morgan fingerprint density at radius 2 is 1.28 bits per heavy atom. The maximum atomic E-state index is 10.2. The van der Waals surface area contributed by atoms with Gasteiger partial charge in [0.1, 0.15) is 6.29 Å². The first kappa shape index (κ1) is 18.2. The van der Waals surface area contributed by atoms with Gasteiger partial charge in [0.15, 0.2) is 0 Å². The third kappa shape index (κ3) is 16.3. The first-order chi connectivity index (χ1) is 8.45. The minimum atomic E-state index is -0.347. The van der Waals surface area contributed by atoms with Crippen LogP contribution in [0.2, 0.25) is 0 Å². The largest absolute Gasteiger partial charge is 0.466 e. The molecule has 0 saturated heterocycles. The molecule has 0 heterocycles. The second-order valence-electron chi connectivity index (χ2n) is 3.39. The van der Waals surface area contributed by atoms with Crippen LogP contribution in [-0.2, 0) is 14.3 Å². The van der Waals surface area contributed by atoms with Gasteiger partial charge in [-0.05, 0) is 19.4 Å². The van der Waals surface area contributed by atoms with E-state index in [0.29, 0.717) is 11.1 Å². The topological polar surface area (TPSA) is 43.4 Å². The zero-order chi connectivity index (χ0) is 14.4. The fourth-order valence-electron chi connectivity index (χ4n) is 0.559. The number of methoxy groups -OCH3 is 1. The lowest BCUT2D eigenvalue weighted by molar-refractivity contribution is -0.136. The second kappa shape index (κ2) is 12.9. The Morgan fingerprint density at radius 3 is 1.33 bits per heavy atom. The molecule has 0 unspecified atom stereocenters. The average Bonchev–Trinajstić information content (AvgIpc) is 2.41. The Kier molecular flexibility index (Phi) is 13.1. The molecule has 0 fully saturated rings. The number of esters is 1. The number of hydrogen-bond donors (Lipinski definition) is 0. The second-order valence-corrected chi connectivity index (χ2v) is 3.39. The summed E-state index contributed by atoms with van der Waals surface area (Å²) in [7, 11) is 1.33. The van der Waals surface area contributed by atoms with E-state index in [-0.39, 0.29) is 5.97 Å². The van der Waals surface area contributed by atoms with Crippen LogP contribution in [0.25, 0.3) is 0 Å². The minimum Gasteiger partial charge on any atom is -0.466 e. The first-order valence-electron chi connectivity index (χ1n) is 5.30. The molecule has 0 saturated carbocycles. The summed E-state index contributed by atoms with van der Waals surface area (Å²) in [5, 5.41) is 0. The number of allylic oxidation sites excluding steroid dienone is 1. The van der Waals surface area contributed by atoms with Crippen molar-refractivity contribution in [2.24, 2.45) is 0 Å². The molecule has 0 N–H and O–H groups in total.